The van der Waals surface area contributed by atoms with E-state index in [0.717, 1.165) is 45.1 Å². The fourth-order valence-electron chi connectivity index (χ4n) is 4.15. The zero-order chi connectivity index (χ0) is 19.3. The Bertz CT molecular complexity index is 709. The minimum absolute atomic E-state index is 0.000235. The molecular weight excluding hydrogens is 360 g/mol. The van der Waals surface area contributed by atoms with Crippen LogP contribution in [0.2, 0.25) is 0 Å². The number of benzene rings is 1. The average molecular weight is 388 g/mol. The van der Waals surface area contributed by atoms with Crippen LogP contribution in [0.15, 0.2) is 18.2 Å². The maximum absolute atomic E-state index is 12.6. The summed E-state index contributed by atoms with van der Waals surface area (Å²) in [6, 6.07) is 5.45. The topological polar surface area (TPSA) is 85.9 Å². The van der Waals surface area contributed by atoms with Gasteiger partial charge in [0.15, 0.2) is 11.5 Å². The third kappa shape index (κ3) is 4.58. The number of carbonyl (C=O) groups excluding carboxylic acids is 2. The predicted molar refractivity (Wildman–Crippen MR) is 103 cm³/mol. The minimum Gasteiger partial charge on any atom is -0.486 e. The van der Waals surface area contributed by atoms with Crippen molar-refractivity contribution in [1.82, 2.24) is 5.32 Å². The van der Waals surface area contributed by atoms with Gasteiger partial charge in [0.2, 0.25) is 11.8 Å². The molecule has 1 aromatic carbocycles. The van der Waals surface area contributed by atoms with Crippen LogP contribution in [0.25, 0.3) is 0 Å². The van der Waals surface area contributed by atoms with Gasteiger partial charge in [-0.1, -0.05) is 0 Å². The number of anilines is 1. The molecule has 2 N–H and O–H groups in total. The van der Waals surface area contributed by atoms with Gasteiger partial charge in [0.25, 0.3) is 0 Å². The van der Waals surface area contributed by atoms with E-state index in [9.17, 15) is 9.59 Å². The zero-order valence-corrected chi connectivity index (χ0v) is 16.1. The molecule has 2 aliphatic heterocycles. The number of carbonyl (C=O) groups is 2. The van der Waals surface area contributed by atoms with Crippen LogP contribution in [-0.4, -0.2) is 44.3 Å². The van der Waals surface area contributed by atoms with E-state index < -0.39 is 0 Å². The van der Waals surface area contributed by atoms with Crippen molar-refractivity contribution in [2.24, 2.45) is 11.8 Å². The Kier molecular flexibility index (Phi) is 6.00. The van der Waals surface area contributed by atoms with Gasteiger partial charge in [-0.3, -0.25) is 9.59 Å². The molecule has 28 heavy (non-hydrogen) atoms. The van der Waals surface area contributed by atoms with E-state index in [0.29, 0.717) is 36.9 Å². The summed E-state index contributed by atoms with van der Waals surface area (Å²) < 4.78 is 16.6. The second kappa shape index (κ2) is 8.82. The van der Waals surface area contributed by atoms with Crippen LogP contribution in [-0.2, 0) is 14.3 Å². The van der Waals surface area contributed by atoms with E-state index in [4.69, 9.17) is 14.2 Å². The number of fused-ring (bicyclic) bond motifs is 1. The highest BCUT2D eigenvalue weighted by molar-refractivity contribution is 5.93. The second-order valence-corrected chi connectivity index (χ2v) is 7.78. The Morgan fingerprint density at radius 3 is 2.32 bits per heavy atom. The molecule has 0 aromatic heterocycles. The van der Waals surface area contributed by atoms with Gasteiger partial charge in [0, 0.05) is 36.7 Å². The first-order chi connectivity index (χ1) is 13.7. The lowest BCUT2D eigenvalue weighted by atomic mass is 9.81. The van der Waals surface area contributed by atoms with Crippen LogP contribution >= 0.6 is 0 Å². The van der Waals surface area contributed by atoms with E-state index >= 15 is 0 Å². The molecule has 7 nitrogen and oxygen atoms in total. The summed E-state index contributed by atoms with van der Waals surface area (Å²) in [6.07, 6.45) is 5.21. The SMILES string of the molecule is O=C(NCC1CCCO1)C1CCC(C(=O)Nc2ccc3c(c2)OCCO3)CC1. The Hall–Kier alpha value is -2.28. The van der Waals surface area contributed by atoms with Crippen molar-refractivity contribution in [3.63, 3.8) is 0 Å². The van der Waals surface area contributed by atoms with E-state index in [1.54, 1.807) is 6.07 Å². The summed E-state index contributed by atoms with van der Waals surface area (Å²) in [7, 11) is 0. The molecule has 2 heterocycles. The molecule has 1 aliphatic carbocycles. The Morgan fingerprint density at radius 1 is 0.893 bits per heavy atom. The van der Waals surface area contributed by atoms with Crippen LogP contribution in [0.3, 0.4) is 0 Å². The standard InChI is InChI=1S/C21H28N2O5/c24-20(22-13-17-2-1-9-26-17)14-3-5-15(6-4-14)21(25)23-16-7-8-18-19(12-16)28-11-10-27-18/h7-8,12,14-15,17H,1-6,9-11,13H2,(H,22,24)(H,23,25). The fourth-order valence-corrected chi connectivity index (χ4v) is 4.15. The second-order valence-electron chi connectivity index (χ2n) is 7.78. The van der Waals surface area contributed by atoms with Crippen molar-refractivity contribution in [2.75, 3.05) is 31.7 Å². The Labute approximate surface area is 165 Å². The van der Waals surface area contributed by atoms with Gasteiger partial charge in [-0.15, -0.1) is 0 Å². The molecule has 152 valence electrons. The summed E-state index contributed by atoms with van der Waals surface area (Å²) in [6.45, 7) is 2.46. The number of hydrogen-bond acceptors (Lipinski definition) is 5. The highest BCUT2D eigenvalue weighted by Crippen LogP contribution is 2.34. The summed E-state index contributed by atoms with van der Waals surface area (Å²) in [4.78, 5) is 25.0. The van der Waals surface area contributed by atoms with Gasteiger partial charge in [0.05, 0.1) is 6.10 Å². The lowest BCUT2D eigenvalue weighted by Gasteiger charge is -2.27. The summed E-state index contributed by atoms with van der Waals surface area (Å²) >= 11 is 0. The molecule has 7 heteroatoms. The molecule has 4 rings (SSSR count). The van der Waals surface area contributed by atoms with Gasteiger partial charge in [-0.25, -0.2) is 0 Å². The molecule has 0 bridgehead atoms. The first-order valence-corrected chi connectivity index (χ1v) is 10.3. The van der Waals surface area contributed by atoms with Crippen LogP contribution in [0.4, 0.5) is 5.69 Å². The van der Waals surface area contributed by atoms with Gasteiger partial charge >= 0.3 is 0 Å². The minimum atomic E-state index is -0.0598. The lowest BCUT2D eigenvalue weighted by Crippen LogP contribution is -2.38. The van der Waals surface area contributed by atoms with Crippen molar-refractivity contribution in [3.05, 3.63) is 18.2 Å². The zero-order valence-electron chi connectivity index (χ0n) is 16.1. The Balaban J connectivity index is 1.23. The number of rotatable bonds is 5. The monoisotopic (exact) mass is 388 g/mol. The van der Waals surface area contributed by atoms with Gasteiger partial charge in [-0.05, 0) is 50.7 Å². The first kappa shape index (κ1) is 19.1. The smallest absolute Gasteiger partial charge is 0.227 e. The number of ether oxygens (including phenoxy) is 3. The molecule has 0 spiro atoms. The molecule has 1 atom stereocenters. The van der Waals surface area contributed by atoms with Crippen LogP contribution < -0.4 is 20.1 Å². The normalized spacial score (nSPS) is 26.5. The molecule has 3 aliphatic rings. The molecule has 2 amide bonds. The average Bonchev–Trinajstić information content (AvgIpc) is 3.26. The summed E-state index contributed by atoms with van der Waals surface area (Å²) in [5.74, 6) is 1.42. The van der Waals surface area contributed by atoms with E-state index in [-0.39, 0.29) is 29.8 Å². The maximum atomic E-state index is 12.6. The first-order valence-electron chi connectivity index (χ1n) is 10.3. The highest BCUT2D eigenvalue weighted by atomic mass is 16.6. The van der Waals surface area contributed by atoms with Crippen molar-refractivity contribution in [1.29, 1.82) is 0 Å². The summed E-state index contributed by atoms with van der Waals surface area (Å²) in [5, 5.41) is 5.99. The van der Waals surface area contributed by atoms with Crippen molar-refractivity contribution < 1.29 is 23.8 Å². The van der Waals surface area contributed by atoms with Crippen molar-refractivity contribution >= 4 is 17.5 Å². The van der Waals surface area contributed by atoms with Crippen LogP contribution in [0, 0.1) is 11.8 Å². The maximum Gasteiger partial charge on any atom is 0.227 e. The van der Waals surface area contributed by atoms with Crippen LogP contribution in [0.1, 0.15) is 38.5 Å². The van der Waals surface area contributed by atoms with Crippen LogP contribution in [0.5, 0.6) is 11.5 Å². The Morgan fingerprint density at radius 2 is 1.61 bits per heavy atom. The van der Waals surface area contributed by atoms with Gasteiger partial charge in [0.1, 0.15) is 13.2 Å². The van der Waals surface area contributed by atoms with E-state index in [1.165, 1.54) is 0 Å². The third-order valence-electron chi connectivity index (χ3n) is 5.81. The molecule has 1 saturated heterocycles. The summed E-state index contributed by atoms with van der Waals surface area (Å²) in [5.41, 5.74) is 0.714. The molecule has 2 fully saturated rings. The lowest BCUT2D eigenvalue weighted by molar-refractivity contribution is -0.128. The van der Waals surface area contributed by atoms with E-state index in [1.807, 2.05) is 12.1 Å². The predicted octanol–water partition coefficient (Wildman–Crippen LogP) is 2.50. The van der Waals surface area contributed by atoms with E-state index in [2.05, 4.69) is 10.6 Å². The highest BCUT2D eigenvalue weighted by Gasteiger charge is 2.30. The fraction of sp³-hybridized carbons (Fsp3) is 0.619. The number of amides is 2. The quantitative estimate of drug-likeness (QED) is 0.809. The number of nitrogens with one attached hydrogen (secondary N) is 2. The van der Waals surface area contributed by atoms with Gasteiger partial charge in [-0.2, -0.15) is 0 Å². The molecule has 1 aromatic rings. The van der Waals surface area contributed by atoms with Gasteiger partial charge < -0.3 is 24.8 Å². The third-order valence-corrected chi connectivity index (χ3v) is 5.81. The largest absolute Gasteiger partial charge is 0.486 e. The molecule has 1 saturated carbocycles. The molecule has 1 unspecified atom stereocenters. The number of hydrogen-bond donors (Lipinski definition) is 2. The molecule has 0 radical (unpaired) electrons. The molecular formula is C21H28N2O5. The van der Waals surface area contributed by atoms with Crippen molar-refractivity contribution in [2.45, 2.75) is 44.6 Å². The van der Waals surface area contributed by atoms with Crippen molar-refractivity contribution in [3.8, 4) is 11.5 Å².